The number of rotatable bonds is 6. The molecule has 3 aromatic rings. The Balaban J connectivity index is 1.28. The number of nitrogens with one attached hydrogen (secondary N) is 2. The Morgan fingerprint density at radius 2 is 2.06 bits per heavy atom. The van der Waals surface area contributed by atoms with E-state index in [4.69, 9.17) is 4.74 Å². The zero-order valence-electron chi connectivity index (χ0n) is 17.4. The summed E-state index contributed by atoms with van der Waals surface area (Å²) in [5.74, 6) is 0. The molecule has 9 heteroatoms. The lowest BCUT2D eigenvalue weighted by Crippen LogP contribution is -2.34. The Bertz CT molecular complexity index is 1160. The van der Waals surface area contributed by atoms with Gasteiger partial charge in [-0.1, -0.05) is 6.42 Å². The van der Waals surface area contributed by atoms with Crippen LogP contribution in [0.4, 0.5) is 5.69 Å². The van der Waals surface area contributed by atoms with E-state index in [9.17, 15) is 9.59 Å². The molecule has 0 aromatic carbocycles. The number of piperidine rings is 1. The highest BCUT2D eigenvalue weighted by Gasteiger charge is 2.25. The van der Waals surface area contributed by atoms with Crippen LogP contribution in [0.1, 0.15) is 25.7 Å². The van der Waals surface area contributed by atoms with Crippen LogP contribution in [0.25, 0.3) is 20.7 Å². The molecule has 5 heterocycles. The van der Waals surface area contributed by atoms with Crippen molar-refractivity contribution < 1.29 is 4.74 Å². The van der Waals surface area contributed by atoms with E-state index in [1.165, 1.54) is 49.9 Å². The topological polar surface area (TPSA) is 94.3 Å². The Morgan fingerprint density at radius 1 is 1.19 bits per heavy atom. The molecule has 1 atom stereocenters. The highest BCUT2D eigenvalue weighted by atomic mass is 32.1. The molecule has 0 saturated carbocycles. The molecule has 2 aliphatic heterocycles. The SMILES string of the molecule is O=c1[nH]cc(-c2cc3nccc(N4CCC(OCCN5CCCCC5)C4)c3s2)c(=O)[nH]1. The van der Waals surface area contributed by atoms with Crippen LogP contribution >= 0.6 is 11.3 Å². The number of thiophene rings is 1. The molecule has 164 valence electrons. The van der Waals surface area contributed by atoms with Crippen molar-refractivity contribution in [3.8, 4) is 10.4 Å². The second-order valence-electron chi connectivity index (χ2n) is 8.27. The van der Waals surface area contributed by atoms with Crippen LogP contribution in [0.3, 0.4) is 0 Å². The Labute approximate surface area is 183 Å². The van der Waals surface area contributed by atoms with Gasteiger partial charge in [-0.3, -0.25) is 14.8 Å². The van der Waals surface area contributed by atoms with Crippen LogP contribution < -0.4 is 16.1 Å². The van der Waals surface area contributed by atoms with Crippen LogP contribution in [0.15, 0.2) is 34.1 Å². The highest BCUT2D eigenvalue weighted by Crippen LogP contribution is 2.37. The maximum absolute atomic E-state index is 12.2. The summed E-state index contributed by atoms with van der Waals surface area (Å²) in [7, 11) is 0. The van der Waals surface area contributed by atoms with Gasteiger partial charge in [0, 0.05) is 36.9 Å². The molecular formula is C22H27N5O3S. The molecule has 2 fully saturated rings. The number of anilines is 1. The second kappa shape index (κ2) is 8.94. The number of nitrogens with zero attached hydrogens (tertiary/aromatic N) is 3. The predicted molar refractivity (Wildman–Crippen MR) is 123 cm³/mol. The minimum atomic E-state index is -0.503. The number of fused-ring (bicyclic) bond motifs is 1. The molecule has 2 saturated heterocycles. The number of aromatic nitrogens is 3. The lowest BCUT2D eigenvalue weighted by atomic mass is 10.1. The van der Waals surface area contributed by atoms with Gasteiger partial charge in [-0.25, -0.2) is 4.79 Å². The van der Waals surface area contributed by atoms with Gasteiger partial charge in [0.15, 0.2) is 0 Å². The van der Waals surface area contributed by atoms with E-state index in [-0.39, 0.29) is 11.7 Å². The quantitative estimate of drug-likeness (QED) is 0.610. The molecule has 0 spiro atoms. The lowest BCUT2D eigenvalue weighted by Gasteiger charge is -2.26. The van der Waals surface area contributed by atoms with Crippen molar-refractivity contribution in [2.75, 3.05) is 44.2 Å². The molecule has 0 amide bonds. The first kappa shape index (κ1) is 20.4. The fourth-order valence-corrected chi connectivity index (χ4v) is 5.68. The maximum Gasteiger partial charge on any atom is 0.325 e. The average molecular weight is 442 g/mol. The molecule has 31 heavy (non-hydrogen) atoms. The smallest absolute Gasteiger partial charge is 0.325 e. The van der Waals surface area contributed by atoms with Gasteiger partial charge in [0.05, 0.1) is 34.2 Å². The average Bonchev–Trinajstić information content (AvgIpc) is 3.41. The number of aromatic amines is 2. The number of hydrogen-bond donors (Lipinski definition) is 2. The Hall–Kier alpha value is -2.49. The van der Waals surface area contributed by atoms with Gasteiger partial charge in [0.2, 0.25) is 0 Å². The number of pyridine rings is 1. The van der Waals surface area contributed by atoms with Gasteiger partial charge >= 0.3 is 5.69 Å². The molecule has 8 nitrogen and oxygen atoms in total. The van der Waals surface area contributed by atoms with Crippen LogP contribution in [0.2, 0.25) is 0 Å². The summed E-state index contributed by atoms with van der Waals surface area (Å²) < 4.78 is 7.25. The predicted octanol–water partition coefficient (Wildman–Crippen LogP) is 2.42. The third-order valence-corrected chi connectivity index (χ3v) is 7.35. The maximum atomic E-state index is 12.2. The van der Waals surface area contributed by atoms with Gasteiger partial charge in [0.1, 0.15) is 0 Å². The molecule has 0 bridgehead atoms. The summed E-state index contributed by atoms with van der Waals surface area (Å²) >= 11 is 1.53. The standard InChI is InChI=1S/C22H27N5O3S/c28-21-16(13-24-22(29)25-21)19-12-17-20(31-19)18(4-6-23-17)27-9-5-15(14-27)30-11-10-26-7-2-1-3-8-26/h4,6,12-13,15H,1-3,5,7-11,14H2,(H2,24,25,28,29). The zero-order valence-corrected chi connectivity index (χ0v) is 18.2. The van der Waals surface area contributed by atoms with Gasteiger partial charge in [-0.05, 0) is 44.5 Å². The molecular weight excluding hydrogens is 414 g/mol. The molecule has 0 radical (unpaired) electrons. The fraction of sp³-hybridized carbons (Fsp3) is 0.500. The summed E-state index contributed by atoms with van der Waals surface area (Å²) in [5, 5.41) is 0. The van der Waals surface area contributed by atoms with Crippen molar-refractivity contribution in [1.29, 1.82) is 0 Å². The minimum absolute atomic E-state index is 0.245. The minimum Gasteiger partial charge on any atom is -0.375 e. The van der Waals surface area contributed by atoms with Crippen molar-refractivity contribution in [3.05, 3.63) is 45.4 Å². The van der Waals surface area contributed by atoms with Gasteiger partial charge in [-0.2, -0.15) is 0 Å². The monoisotopic (exact) mass is 441 g/mol. The van der Waals surface area contributed by atoms with Crippen LogP contribution in [-0.2, 0) is 4.74 Å². The first-order valence-electron chi connectivity index (χ1n) is 11.0. The van der Waals surface area contributed by atoms with E-state index in [1.807, 2.05) is 18.3 Å². The van der Waals surface area contributed by atoms with E-state index < -0.39 is 5.69 Å². The molecule has 2 N–H and O–H groups in total. The summed E-state index contributed by atoms with van der Waals surface area (Å²) in [6, 6.07) is 3.95. The highest BCUT2D eigenvalue weighted by molar-refractivity contribution is 7.22. The third-order valence-electron chi connectivity index (χ3n) is 6.17. The number of likely N-dealkylation sites (tertiary alicyclic amines) is 1. The van der Waals surface area contributed by atoms with Crippen LogP contribution in [0.5, 0.6) is 0 Å². The molecule has 0 aliphatic carbocycles. The molecule has 5 rings (SSSR count). The van der Waals surface area contributed by atoms with Crippen LogP contribution in [-0.4, -0.2) is 65.3 Å². The zero-order chi connectivity index (χ0) is 21.2. The summed E-state index contributed by atoms with van der Waals surface area (Å²) in [5.41, 5.74) is 1.55. The van der Waals surface area contributed by atoms with E-state index in [0.717, 1.165) is 53.4 Å². The molecule has 2 aliphatic rings. The summed E-state index contributed by atoms with van der Waals surface area (Å²) in [6.45, 7) is 6.04. The summed E-state index contributed by atoms with van der Waals surface area (Å²) in [6.07, 6.45) is 8.52. The second-order valence-corrected chi connectivity index (χ2v) is 9.32. The summed E-state index contributed by atoms with van der Waals surface area (Å²) in [4.78, 5) is 38.5. The van der Waals surface area contributed by atoms with Crippen molar-refractivity contribution in [2.24, 2.45) is 0 Å². The Kier molecular flexibility index (Phi) is 5.89. The normalized spacial score (nSPS) is 20.0. The first-order valence-corrected chi connectivity index (χ1v) is 11.8. The molecule has 1 unspecified atom stereocenters. The van der Waals surface area contributed by atoms with Crippen molar-refractivity contribution in [1.82, 2.24) is 19.9 Å². The van der Waals surface area contributed by atoms with E-state index >= 15 is 0 Å². The lowest BCUT2D eigenvalue weighted by molar-refractivity contribution is 0.0467. The fourth-order valence-electron chi connectivity index (χ4n) is 4.51. The van der Waals surface area contributed by atoms with E-state index in [1.54, 1.807) is 0 Å². The van der Waals surface area contributed by atoms with Crippen molar-refractivity contribution in [2.45, 2.75) is 31.8 Å². The third kappa shape index (κ3) is 4.44. The van der Waals surface area contributed by atoms with E-state index in [0.29, 0.717) is 5.56 Å². The van der Waals surface area contributed by atoms with E-state index in [2.05, 4.69) is 24.8 Å². The van der Waals surface area contributed by atoms with Gasteiger partial charge in [0.25, 0.3) is 5.56 Å². The number of H-pyrrole nitrogens is 2. The Morgan fingerprint density at radius 3 is 2.90 bits per heavy atom. The largest absolute Gasteiger partial charge is 0.375 e. The van der Waals surface area contributed by atoms with Gasteiger partial charge < -0.3 is 19.5 Å². The molecule has 3 aromatic heterocycles. The number of ether oxygens (including phenoxy) is 1. The van der Waals surface area contributed by atoms with Crippen LogP contribution in [0, 0.1) is 0 Å². The number of hydrogen-bond acceptors (Lipinski definition) is 7. The first-order chi connectivity index (χ1) is 15.2. The van der Waals surface area contributed by atoms with Gasteiger partial charge in [-0.15, -0.1) is 11.3 Å². The van der Waals surface area contributed by atoms with Crippen molar-refractivity contribution >= 4 is 27.2 Å². The van der Waals surface area contributed by atoms with Crippen molar-refractivity contribution in [3.63, 3.8) is 0 Å².